The Balaban J connectivity index is 2.61. The van der Waals surface area contributed by atoms with E-state index in [1.165, 1.54) is 0 Å². The van der Waals surface area contributed by atoms with Crippen LogP contribution in [0.15, 0.2) is 18.2 Å². The number of ether oxygens (including phenoxy) is 2. The Bertz CT molecular complexity index is 452. The molecule has 1 unspecified atom stereocenters. The average molecular weight is 301 g/mol. The maximum atomic E-state index is 11.8. The van der Waals surface area contributed by atoms with Crippen LogP contribution < -0.4 is 15.8 Å². The number of benzene rings is 1. The Morgan fingerprint density at radius 2 is 2.15 bits per heavy atom. The average Bonchev–Trinajstić information content (AvgIpc) is 2.40. The summed E-state index contributed by atoms with van der Waals surface area (Å²) < 4.78 is 10.4. The van der Waals surface area contributed by atoms with Crippen LogP contribution in [0.2, 0.25) is 5.02 Å². The van der Waals surface area contributed by atoms with E-state index in [2.05, 4.69) is 5.32 Å². The normalized spacial score (nSPS) is 13.7. The fourth-order valence-electron chi connectivity index (χ4n) is 1.56. The van der Waals surface area contributed by atoms with E-state index in [1.807, 2.05) is 13.0 Å². The molecule has 1 amide bonds. The lowest BCUT2D eigenvalue weighted by Crippen LogP contribution is -2.37. The lowest BCUT2D eigenvalue weighted by atomic mass is 10.1. The van der Waals surface area contributed by atoms with Crippen molar-refractivity contribution in [1.29, 1.82) is 0 Å². The van der Waals surface area contributed by atoms with E-state index in [-0.39, 0.29) is 11.9 Å². The molecular formula is C14H21ClN2O3. The van der Waals surface area contributed by atoms with E-state index in [1.54, 1.807) is 26.2 Å². The Morgan fingerprint density at radius 3 is 2.70 bits per heavy atom. The summed E-state index contributed by atoms with van der Waals surface area (Å²) in [5.74, 6) is 0.250. The first-order valence-electron chi connectivity index (χ1n) is 6.44. The second-order valence-electron chi connectivity index (χ2n) is 4.52. The van der Waals surface area contributed by atoms with Crippen LogP contribution in [-0.4, -0.2) is 32.3 Å². The number of carbonyl (C=O) groups is 1. The van der Waals surface area contributed by atoms with Crippen LogP contribution in [0.25, 0.3) is 0 Å². The predicted octanol–water partition coefficient (Wildman–Crippen LogP) is 1.89. The van der Waals surface area contributed by atoms with Crippen molar-refractivity contribution >= 4 is 17.5 Å². The molecule has 1 aromatic carbocycles. The molecule has 6 heteroatoms. The van der Waals surface area contributed by atoms with Gasteiger partial charge in [-0.3, -0.25) is 4.79 Å². The summed E-state index contributed by atoms with van der Waals surface area (Å²) in [7, 11) is 1.58. The molecular weight excluding hydrogens is 280 g/mol. The fraction of sp³-hybridized carbons (Fsp3) is 0.500. The predicted molar refractivity (Wildman–Crippen MR) is 79.0 cm³/mol. The lowest BCUT2D eigenvalue weighted by Gasteiger charge is -2.16. The van der Waals surface area contributed by atoms with Crippen molar-refractivity contribution in [2.45, 2.75) is 26.0 Å². The van der Waals surface area contributed by atoms with Gasteiger partial charge >= 0.3 is 0 Å². The second kappa shape index (κ2) is 8.09. The number of nitrogens with two attached hydrogens (primary N) is 1. The number of amides is 1. The van der Waals surface area contributed by atoms with Crippen LogP contribution in [0.1, 0.15) is 25.5 Å². The minimum atomic E-state index is -0.634. The first-order chi connectivity index (χ1) is 9.45. The lowest BCUT2D eigenvalue weighted by molar-refractivity contribution is -0.127. The second-order valence-corrected chi connectivity index (χ2v) is 4.93. The van der Waals surface area contributed by atoms with Gasteiger partial charge in [0.2, 0.25) is 0 Å². The summed E-state index contributed by atoms with van der Waals surface area (Å²) in [6.07, 6.45) is -0.634. The summed E-state index contributed by atoms with van der Waals surface area (Å²) in [4.78, 5) is 11.8. The third kappa shape index (κ3) is 5.00. The molecule has 0 bridgehead atoms. The van der Waals surface area contributed by atoms with E-state index < -0.39 is 6.10 Å². The van der Waals surface area contributed by atoms with E-state index >= 15 is 0 Å². The van der Waals surface area contributed by atoms with Crippen LogP contribution in [0.5, 0.6) is 5.75 Å². The summed E-state index contributed by atoms with van der Waals surface area (Å²) in [6, 6.07) is 5.20. The van der Waals surface area contributed by atoms with Gasteiger partial charge in [0.25, 0.3) is 5.91 Å². The largest absolute Gasteiger partial charge is 0.479 e. The van der Waals surface area contributed by atoms with Gasteiger partial charge in [-0.1, -0.05) is 17.7 Å². The van der Waals surface area contributed by atoms with Crippen LogP contribution in [0, 0.1) is 0 Å². The van der Waals surface area contributed by atoms with Gasteiger partial charge in [0.05, 0.1) is 11.6 Å². The SMILES string of the molecule is COCCNC(=O)C(C)Oc1ccc([C@H](C)N)cc1Cl. The fourth-order valence-corrected chi connectivity index (χ4v) is 1.79. The van der Waals surface area contributed by atoms with E-state index in [0.29, 0.717) is 23.9 Å². The maximum absolute atomic E-state index is 11.8. The van der Waals surface area contributed by atoms with E-state index in [4.69, 9.17) is 26.8 Å². The Morgan fingerprint density at radius 1 is 1.45 bits per heavy atom. The Kier molecular flexibility index (Phi) is 6.78. The van der Waals surface area contributed by atoms with Crippen LogP contribution in [0.4, 0.5) is 0 Å². The maximum Gasteiger partial charge on any atom is 0.260 e. The molecule has 0 spiro atoms. The number of rotatable bonds is 7. The Hall–Kier alpha value is -1.30. The summed E-state index contributed by atoms with van der Waals surface area (Å²) in [5.41, 5.74) is 6.69. The highest BCUT2D eigenvalue weighted by atomic mass is 35.5. The zero-order chi connectivity index (χ0) is 15.1. The van der Waals surface area contributed by atoms with Crippen LogP contribution >= 0.6 is 11.6 Å². The third-order valence-corrected chi connectivity index (χ3v) is 3.06. The number of methoxy groups -OCH3 is 1. The van der Waals surface area contributed by atoms with Gasteiger partial charge < -0.3 is 20.5 Å². The molecule has 0 aliphatic rings. The zero-order valence-corrected chi connectivity index (χ0v) is 12.7. The summed E-state index contributed by atoms with van der Waals surface area (Å²) in [6.45, 7) is 4.44. The molecule has 0 fully saturated rings. The van der Waals surface area contributed by atoms with Gasteiger partial charge in [-0.15, -0.1) is 0 Å². The van der Waals surface area contributed by atoms with Crippen molar-refractivity contribution < 1.29 is 14.3 Å². The van der Waals surface area contributed by atoms with Crippen molar-refractivity contribution in [2.75, 3.05) is 20.3 Å². The van der Waals surface area contributed by atoms with Crippen molar-refractivity contribution in [3.05, 3.63) is 28.8 Å². The first-order valence-corrected chi connectivity index (χ1v) is 6.81. The molecule has 20 heavy (non-hydrogen) atoms. The molecule has 0 radical (unpaired) electrons. The molecule has 0 saturated heterocycles. The molecule has 3 N–H and O–H groups in total. The highest BCUT2D eigenvalue weighted by molar-refractivity contribution is 6.32. The van der Waals surface area contributed by atoms with Gasteiger partial charge in [-0.25, -0.2) is 0 Å². The van der Waals surface area contributed by atoms with E-state index in [9.17, 15) is 4.79 Å². The van der Waals surface area contributed by atoms with Crippen LogP contribution in [0.3, 0.4) is 0 Å². The van der Waals surface area contributed by atoms with E-state index in [0.717, 1.165) is 5.56 Å². The van der Waals surface area contributed by atoms with Gasteiger partial charge in [0, 0.05) is 19.7 Å². The number of hydrogen-bond acceptors (Lipinski definition) is 4. The van der Waals surface area contributed by atoms with Gasteiger partial charge in [-0.2, -0.15) is 0 Å². The molecule has 0 aromatic heterocycles. The zero-order valence-electron chi connectivity index (χ0n) is 12.0. The highest BCUT2D eigenvalue weighted by Crippen LogP contribution is 2.28. The topological polar surface area (TPSA) is 73.6 Å². The molecule has 0 aliphatic carbocycles. The minimum absolute atomic E-state index is 0.101. The third-order valence-electron chi connectivity index (χ3n) is 2.76. The molecule has 5 nitrogen and oxygen atoms in total. The molecule has 1 rings (SSSR count). The standard InChI is InChI=1S/C14H21ClN2O3/c1-9(16)11-4-5-13(12(15)8-11)20-10(2)14(18)17-6-7-19-3/h4-5,8-10H,6-7,16H2,1-3H3,(H,17,18)/t9-,10?/m0/s1. The summed E-state index contributed by atoms with van der Waals surface area (Å²) in [5, 5.41) is 3.14. The van der Waals surface area contributed by atoms with Crippen molar-refractivity contribution in [1.82, 2.24) is 5.32 Å². The Labute approximate surface area is 124 Å². The van der Waals surface area contributed by atoms with Crippen molar-refractivity contribution in [2.24, 2.45) is 5.73 Å². The number of carbonyl (C=O) groups excluding carboxylic acids is 1. The first kappa shape index (κ1) is 16.8. The molecule has 0 heterocycles. The molecule has 0 aliphatic heterocycles. The van der Waals surface area contributed by atoms with Gasteiger partial charge in [0.1, 0.15) is 5.75 Å². The van der Waals surface area contributed by atoms with Crippen LogP contribution in [-0.2, 0) is 9.53 Å². The summed E-state index contributed by atoms with van der Waals surface area (Å²) >= 11 is 6.12. The monoisotopic (exact) mass is 300 g/mol. The molecule has 1 aromatic rings. The smallest absolute Gasteiger partial charge is 0.260 e. The quantitative estimate of drug-likeness (QED) is 0.754. The molecule has 112 valence electrons. The molecule has 2 atom stereocenters. The molecule has 0 saturated carbocycles. The number of nitrogens with one attached hydrogen (secondary N) is 1. The van der Waals surface area contributed by atoms with Gasteiger partial charge in [0.15, 0.2) is 6.10 Å². The number of hydrogen-bond donors (Lipinski definition) is 2. The van der Waals surface area contributed by atoms with Crippen molar-refractivity contribution in [3.63, 3.8) is 0 Å². The van der Waals surface area contributed by atoms with Crippen molar-refractivity contribution in [3.8, 4) is 5.75 Å². The van der Waals surface area contributed by atoms with Gasteiger partial charge in [-0.05, 0) is 31.5 Å². The minimum Gasteiger partial charge on any atom is -0.479 e. The highest BCUT2D eigenvalue weighted by Gasteiger charge is 2.16. The number of halogens is 1.